The molecule has 0 radical (unpaired) electrons. The van der Waals surface area contributed by atoms with E-state index in [1.807, 2.05) is 0 Å². The van der Waals surface area contributed by atoms with Crippen molar-refractivity contribution in [2.75, 3.05) is 6.61 Å². The van der Waals surface area contributed by atoms with Gasteiger partial charge in [0.15, 0.2) is 0 Å². The molecule has 0 spiro atoms. The van der Waals surface area contributed by atoms with Crippen molar-refractivity contribution < 1.29 is 4.74 Å². The maximum Gasteiger partial charge on any atom is 0.123 e. The van der Waals surface area contributed by atoms with Gasteiger partial charge in [-0.2, -0.15) is 0 Å². The Kier molecular flexibility index (Phi) is 5.08. The summed E-state index contributed by atoms with van der Waals surface area (Å²) >= 11 is 0. The van der Waals surface area contributed by atoms with Crippen molar-refractivity contribution in [3.63, 3.8) is 0 Å². The van der Waals surface area contributed by atoms with E-state index in [9.17, 15) is 0 Å². The van der Waals surface area contributed by atoms with Crippen LogP contribution < -0.4 is 4.74 Å². The third-order valence-electron chi connectivity index (χ3n) is 5.52. The molecule has 0 heterocycles. The minimum atomic E-state index is 0.139. The van der Waals surface area contributed by atoms with Crippen LogP contribution in [0.3, 0.4) is 0 Å². The quantitative estimate of drug-likeness (QED) is 0.527. The Labute approximate surface area is 148 Å². The van der Waals surface area contributed by atoms with Gasteiger partial charge in [0.1, 0.15) is 5.75 Å². The van der Waals surface area contributed by atoms with Crippen LogP contribution in [0, 0.1) is 11.8 Å². The van der Waals surface area contributed by atoms with Crippen LogP contribution in [0.5, 0.6) is 5.75 Å². The predicted octanol–water partition coefficient (Wildman–Crippen LogP) is 6.54. The molecule has 0 bridgehead atoms. The molecular weight excluding hydrogens is 292 g/mol. The molecule has 2 aliphatic carbocycles. The van der Waals surface area contributed by atoms with Gasteiger partial charge in [0.2, 0.25) is 0 Å². The molecule has 2 aliphatic rings. The van der Waals surface area contributed by atoms with Gasteiger partial charge in [-0.1, -0.05) is 53.2 Å². The number of rotatable bonds is 8. The van der Waals surface area contributed by atoms with E-state index in [-0.39, 0.29) is 5.41 Å². The number of ether oxygens (including phenoxy) is 1. The molecule has 1 nitrogen and oxygen atoms in total. The van der Waals surface area contributed by atoms with Crippen LogP contribution in [0.4, 0.5) is 0 Å². The lowest BCUT2D eigenvalue weighted by atomic mass is 9.80. The molecule has 3 rings (SSSR count). The first-order valence-electron chi connectivity index (χ1n) is 9.86. The van der Waals surface area contributed by atoms with Crippen molar-refractivity contribution in [3.8, 4) is 5.75 Å². The van der Waals surface area contributed by atoms with Gasteiger partial charge < -0.3 is 4.74 Å². The zero-order chi connectivity index (χ0) is 17.3. The highest BCUT2D eigenvalue weighted by atomic mass is 16.5. The molecule has 0 atom stereocenters. The zero-order valence-electron chi connectivity index (χ0n) is 16.1. The SMILES string of the molecule is C=C(CC)c1cc(OCC2CC2)c(CCC2CC2)c(C(C)(C)C)c1. The van der Waals surface area contributed by atoms with Gasteiger partial charge in [0, 0.05) is 0 Å². The predicted molar refractivity (Wildman–Crippen MR) is 104 cm³/mol. The second kappa shape index (κ2) is 6.94. The molecule has 0 aromatic heterocycles. The summed E-state index contributed by atoms with van der Waals surface area (Å²) in [5.74, 6) is 2.89. The molecule has 1 aromatic rings. The summed E-state index contributed by atoms with van der Waals surface area (Å²) in [5.41, 5.74) is 5.54. The molecule has 24 heavy (non-hydrogen) atoms. The van der Waals surface area contributed by atoms with E-state index in [0.29, 0.717) is 0 Å². The van der Waals surface area contributed by atoms with Crippen LogP contribution in [0.15, 0.2) is 18.7 Å². The van der Waals surface area contributed by atoms with E-state index < -0.39 is 0 Å². The third-order valence-corrected chi connectivity index (χ3v) is 5.52. The van der Waals surface area contributed by atoms with Gasteiger partial charge in [-0.15, -0.1) is 0 Å². The van der Waals surface area contributed by atoms with Gasteiger partial charge in [0.25, 0.3) is 0 Å². The first kappa shape index (κ1) is 17.6. The number of hydrogen-bond acceptors (Lipinski definition) is 1. The second-order valence-electron chi connectivity index (χ2n) is 8.94. The Morgan fingerprint density at radius 3 is 2.33 bits per heavy atom. The van der Waals surface area contributed by atoms with E-state index in [2.05, 4.69) is 46.4 Å². The van der Waals surface area contributed by atoms with Crippen molar-refractivity contribution in [1.82, 2.24) is 0 Å². The van der Waals surface area contributed by atoms with Crippen LogP contribution in [-0.2, 0) is 11.8 Å². The van der Waals surface area contributed by atoms with Crippen LogP contribution in [0.25, 0.3) is 5.57 Å². The molecule has 0 unspecified atom stereocenters. The van der Waals surface area contributed by atoms with Crippen LogP contribution in [0.1, 0.15) is 82.9 Å². The van der Waals surface area contributed by atoms with Crippen LogP contribution in [0.2, 0.25) is 0 Å². The number of hydrogen-bond donors (Lipinski definition) is 0. The van der Waals surface area contributed by atoms with Crippen molar-refractivity contribution in [2.45, 2.75) is 78.1 Å². The minimum Gasteiger partial charge on any atom is -0.493 e. The normalized spacial score (nSPS) is 17.8. The first-order chi connectivity index (χ1) is 11.4. The summed E-state index contributed by atoms with van der Waals surface area (Å²) in [4.78, 5) is 0. The molecular formula is C23H34O. The fourth-order valence-corrected chi connectivity index (χ4v) is 3.36. The summed E-state index contributed by atoms with van der Waals surface area (Å²) in [6, 6.07) is 4.66. The van der Waals surface area contributed by atoms with Crippen molar-refractivity contribution in [1.29, 1.82) is 0 Å². The zero-order valence-corrected chi connectivity index (χ0v) is 16.1. The number of allylic oxidation sites excluding steroid dienone is 1. The van der Waals surface area contributed by atoms with Crippen molar-refractivity contribution in [3.05, 3.63) is 35.4 Å². The highest BCUT2D eigenvalue weighted by molar-refractivity contribution is 5.67. The molecule has 0 amide bonds. The Morgan fingerprint density at radius 2 is 1.79 bits per heavy atom. The van der Waals surface area contributed by atoms with Gasteiger partial charge in [-0.25, -0.2) is 0 Å². The lowest BCUT2D eigenvalue weighted by Gasteiger charge is -2.27. The maximum atomic E-state index is 6.34. The standard InChI is InChI=1S/C23H34O/c1-6-16(2)19-13-21(23(3,4)5)20(12-11-17-7-8-17)22(14-19)24-15-18-9-10-18/h13-14,17-18H,2,6-12,15H2,1,3-5H3. The lowest BCUT2D eigenvalue weighted by molar-refractivity contribution is 0.295. The molecule has 0 saturated heterocycles. The second-order valence-corrected chi connectivity index (χ2v) is 8.94. The summed E-state index contributed by atoms with van der Waals surface area (Å²) < 4.78 is 6.34. The Hall–Kier alpha value is -1.24. The summed E-state index contributed by atoms with van der Waals surface area (Å²) in [6.45, 7) is 14.3. The van der Waals surface area contributed by atoms with E-state index in [0.717, 1.165) is 37.0 Å². The van der Waals surface area contributed by atoms with Gasteiger partial charge >= 0.3 is 0 Å². The van der Waals surface area contributed by atoms with E-state index in [1.54, 1.807) is 0 Å². The summed E-state index contributed by atoms with van der Waals surface area (Å²) in [7, 11) is 0. The van der Waals surface area contributed by atoms with Crippen LogP contribution in [-0.4, -0.2) is 6.61 Å². The number of benzene rings is 1. The fraction of sp³-hybridized carbons (Fsp3) is 0.652. The molecule has 1 aromatic carbocycles. The first-order valence-corrected chi connectivity index (χ1v) is 9.86. The highest BCUT2D eigenvalue weighted by Crippen LogP contribution is 2.40. The van der Waals surface area contributed by atoms with Crippen LogP contribution >= 0.6 is 0 Å². The van der Waals surface area contributed by atoms with E-state index in [4.69, 9.17) is 4.74 Å². The summed E-state index contributed by atoms with van der Waals surface area (Å²) in [5, 5.41) is 0. The Morgan fingerprint density at radius 1 is 1.12 bits per heavy atom. The van der Waals surface area contributed by atoms with Gasteiger partial charge in [0.05, 0.1) is 6.61 Å². The maximum absolute atomic E-state index is 6.34. The van der Waals surface area contributed by atoms with Crippen molar-refractivity contribution >= 4 is 5.57 Å². The lowest BCUT2D eigenvalue weighted by Crippen LogP contribution is -2.17. The highest BCUT2D eigenvalue weighted by Gasteiger charge is 2.27. The monoisotopic (exact) mass is 326 g/mol. The van der Waals surface area contributed by atoms with Gasteiger partial charge in [-0.3, -0.25) is 0 Å². The Bertz CT molecular complexity index is 597. The average Bonchev–Trinajstić information content (AvgIpc) is 3.43. The van der Waals surface area contributed by atoms with Gasteiger partial charge in [-0.05, 0) is 77.7 Å². The molecule has 2 saturated carbocycles. The molecule has 0 N–H and O–H groups in total. The van der Waals surface area contributed by atoms with Crippen molar-refractivity contribution in [2.24, 2.45) is 11.8 Å². The fourth-order valence-electron chi connectivity index (χ4n) is 3.36. The topological polar surface area (TPSA) is 9.23 Å². The molecule has 2 fully saturated rings. The summed E-state index contributed by atoms with van der Waals surface area (Å²) in [6.07, 6.45) is 9.00. The average molecular weight is 327 g/mol. The minimum absolute atomic E-state index is 0.139. The van der Waals surface area contributed by atoms with E-state index in [1.165, 1.54) is 54.4 Å². The molecule has 1 heteroatoms. The third kappa shape index (κ3) is 4.43. The molecule has 132 valence electrons. The smallest absolute Gasteiger partial charge is 0.123 e. The largest absolute Gasteiger partial charge is 0.493 e. The Balaban J connectivity index is 1.96. The van der Waals surface area contributed by atoms with E-state index >= 15 is 0 Å². The molecule has 0 aliphatic heterocycles.